The lowest BCUT2D eigenvalue weighted by Crippen LogP contribution is -2.13. The van der Waals surface area contributed by atoms with E-state index in [4.69, 9.17) is 0 Å². The van der Waals surface area contributed by atoms with Gasteiger partial charge in [-0.25, -0.2) is 9.50 Å². The summed E-state index contributed by atoms with van der Waals surface area (Å²) in [5, 5.41) is 4.42. The summed E-state index contributed by atoms with van der Waals surface area (Å²) in [5.41, 5.74) is 1.71. The highest BCUT2D eigenvalue weighted by Crippen LogP contribution is 2.19. The molecule has 2 aromatic rings. The molecule has 16 heavy (non-hydrogen) atoms. The molecular formula is C12H15N3O. The van der Waals surface area contributed by atoms with Crippen molar-refractivity contribution in [3.05, 3.63) is 29.7 Å². The maximum atomic E-state index is 10.4. The summed E-state index contributed by atoms with van der Waals surface area (Å²) in [6, 6.07) is 3.80. The number of aromatic nitrogens is 3. The predicted molar refractivity (Wildman–Crippen MR) is 61.5 cm³/mol. The van der Waals surface area contributed by atoms with E-state index in [2.05, 4.69) is 30.9 Å². The minimum absolute atomic E-state index is 0.0587. The molecule has 0 aliphatic heterocycles. The molecule has 0 unspecified atom stereocenters. The molecule has 0 fully saturated rings. The number of hydrogen-bond donors (Lipinski definition) is 0. The van der Waals surface area contributed by atoms with Gasteiger partial charge >= 0.3 is 0 Å². The maximum Gasteiger partial charge on any atom is 0.157 e. The summed E-state index contributed by atoms with van der Waals surface area (Å²) in [6.07, 6.45) is 3.16. The van der Waals surface area contributed by atoms with E-state index >= 15 is 0 Å². The highest BCUT2D eigenvalue weighted by Gasteiger charge is 2.19. The van der Waals surface area contributed by atoms with Crippen LogP contribution >= 0.6 is 0 Å². The Morgan fingerprint density at radius 1 is 1.38 bits per heavy atom. The van der Waals surface area contributed by atoms with Crippen LogP contribution in [0.25, 0.3) is 5.65 Å². The summed E-state index contributed by atoms with van der Waals surface area (Å²) in [7, 11) is 0. The Morgan fingerprint density at radius 2 is 2.12 bits per heavy atom. The van der Waals surface area contributed by atoms with E-state index in [9.17, 15) is 4.79 Å². The lowest BCUT2D eigenvalue weighted by Gasteiger charge is -2.11. The topological polar surface area (TPSA) is 47.3 Å². The Bertz CT molecular complexity index is 523. The number of nitrogens with zero attached hydrogens (tertiary/aromatic N) is 3. The molecule has 0 spiro atoms. The van der Waals surface area contributed by atoms with Crippen molar-refractivity contribution >= 4 is 11.9 Å². The second-order valence-corrected chi connectivity index (χ2v) is 4.90. The Kier molecular flexibility index (Phi) is 2.50. The quantitative estimate of drug-likeness (QED) is 0.720. The molecule has 4 heteroatoms. The third-order valence-corrected chi connectivity index (χ3v) is 2.38. The van der Waals surface area contributed by atoms with Crippen LogP contribution in [0, 0.1) is 0 Å². The molecule has 4 nitrogen and oxygen atoms in total. The molecule has 0 aliphatic rings. The minimum Gasteiger partial charge on any atom is -0.303 e. The SMILES string of the molecule is CC(C)(C)c1nc2ccc(CC=O)cn2n1. The lowest BCUT2D eigenvalue weighted by molar-refractivity contribution is -0.107. The Hall–Kier alpha value is -1.71. The van der Waals surface area contributed by atoms with Crippen LogP contribution in [0.5, 0.6) is 0 Å². The fraction of sp³-hybridized carbons (Fsp3) is 0.417. The molecule has 0 atom stereocenters. The highest BCUT2D eigenvalue weighted by molar-refractivity contribution is 5.55. The van der Waals surface area contributed by atoms with Gasteiger partial charge in [0, 0.05) is 18.0 Å². The van der Waals surface area contributed by atoms with Crippen LogP contribution in [0.3, 0.4) is 0 Å². The number of carbonyl (C=O) groups excluding carboxylic acids is 1. The molecule has 0 aliphatic carbocycles. The molecule has 2 aromatic heterocycles. The zero-order valence-electron chi connectivity index (χ0n) is 9.77. The molecule has 0 radical (unpaired) electrons. The third kappa shape index (κ3) is 1.96. The molecule has 0 bridgehead atoms. The summed E-state index contributed by atoms with van der Waals surface area (Å²) < 4.78 is 1.74. The first-order valence-corrected chi connectivity index (χ1v) is 5.30. The monoisotopic (exact) mass is 217 g/mol. The average molecular weight is 217 g/mol. The number of pyridine rings is 1. The molecule has 84 valence electrons. The second-order valence-electron chi connectivity index (χ2n) is 4.90. The van der Waals surface area contributed by atoms with Gasteiger partial charge in [-0.15, -0.1) is 0 Å². The van der Waals surface area contributed by atoms with Gasteiger partial charge in [0.05, 0.1) is 0 Å². The van der Waals surface area contributed by atoms with Crippen LogP contribution in [0.15, 0.2) is 18.3 Å². The van der Waals surface area contributed by atoms with E-state index in [1.807, 2.05) is 18.3 Å². The van der Waals surface area contributed by atoms with Gasteiger partial charge in [0.2, 0.25) is 0 Å². The van der Waals surface area contributed by atoms with Crippen molar-refractivity contribution in [3.8, 4) is 0 Å². The Morgan fingerprint density at radius 3 is 2.75 bits per heavy atom. The second kappa shape index (κ2) is 3.70. The zero-order chi connectivity index (χ0) is 11.8. The first-order chi connectivity index (χ1) is 7.50. The average Bonchev–Trinajstić information content (AvgIpc) is 2.60. The van der Waals surface area contributed by atoms with E-state index in [0.29, 0.717) is 6.42 Å². The number of rotatable bonds is 2. The summed E-state index contributed by atoms with van der Waals surface area (Å²) in [5.74, 6) is 0.816. The van der Waals surface area contributed by atoms with E-state index in [-0.39, 0.29) is 5.41 Å². The molecule has 2 heterocycles. The van der Waals surface area contributed by atoms with E-state index < -0.39 is 0 Å². The van der Waals surface area contributed by atoms with Gasteiger partial charge in [-0.1, -0.05) is 26.8 Å². The molecule has 0 amide bonds. The summed E-state index contributed by atoms with van der Waals surface area (Å²) in [6.45, 7) is 6.23. The Labute approximate surface area is 94.3 Å². The number of aldehydes is 1. The van der Waals surface area contributed by atoms with Crippen LogP contribution < -0.4 is 0 Å². The lowest BCUT2D eigenvalue weighted by atomic mass is 9.96. The largest absolute Gasteiger partial charge is 0.303 e. The standard InChI is InChI=1S/C12H15N3O/c1-12(2,3)11-13-10-5-4-9(6-7-16)8-15(10)14-11/h4-5,7-8H,6H2,1-3H3. The number of carbonyl (C=O) groups is 1. The fourth-order valence-electron chi connectivity index (χ4n) is 1.46. The van der Waals surface area contributed by atoms with Gasteiger partial charge in [-0.3, -0.25) is 0 Å². The molecule has 0 N–H and O–H groups in total. The zero-order valence-corrected chi connectivity index (χ0v) is 9.77. The number of fused-ring (bicyclic) bond motifs is 1. The molecular weight excluding hydrogens is 202 g/mol. The maximum absolute atomic E-state index is 10.4. The molecule has 0 saturated carbocycles. The number of hydrogen-bond acceptors (Lipinski definition) is 3. The summed E-state index contributed by atoms with van der Waals surface area (Å²) >= 11 is 0. The first-order valence-electron chi connectivity index (χ1n) is 5.30. The normalized spacial score (nSPS) is 11.9. The van der Waals surface area contributed by atoms with Crippen LogP contribution in [-0.4, -0.2) is 20.9 Å². The highest BCUT2D eigenvalue weighted by atomic mass is 16.1. The van der Waals surface area contributed by atoms with Gasteiger partial charge in [0.15, 0.2) is 11.5 Å². The molecule has 2 rings (SSSR count). The van der Waals surface area contributed by atoms with Crippen LogP contribution in [0.4, 0.5) is 0 Å². The smallest absolute Gasteiger partial charge is 0.157 e. The first kappa shape index (κ1) is 10.8. The summed E-state index contributed by atoms with van der Waals surface area (Å²) in [4.78, 5) is 14.9. The van der Waals surface area contributed by atoms with Crippen LogP contribution in [0.1, 0.15) is 32.2 Å². The predicted octanol–water partition coefficient (Wildman–Crippen LogP) is 1.77. The van der Waals surface area contributed by atoms with Gasteiger partial charge in [-0.2, -0.15) is 5.10 Å². The van der Waals surface area contributed by atoms with E-state index in [0.717, 1.165) is 23.3 Å². The van der Waals surface area contributed by atoms with Crippen molar-refractivity contribution < 1.29 is 4.79 Å². The van der Waals surface area contributed by atoms with E-state index in [1.54, 1.807) is 4.52 Å². The minimum atomic E-state index is -0.0587. The van der Waals surface area contributed by atoms with Crippen molar-refractivity contribution in [3.63, 3.8) is 0 Å². The van der Waals surface area contributed by atoms with Crippen molar-refractivity contribution in [2.45, 2.75) is 32.6 Å². The van der Waals surface area contributed by atoms with Gasteiger partial charge in [-0.05, 0) is 11.6 Å². The van der Waals surface area contributed by atoms with Gasteiger partial charge in [0.1, 0.15) is 6.29 Å². The van der Waals surface area contributed by atoms with Crippen molar-refractivity contribution in [1.29, 1.82) is 0 Å². The van der Waals surface area contributed by atoms with Crippen molar-refractivity contribution in [2.24, 2.45) is 0 Å². The van der Waals surface area contributed by atoms with Crippen molar-refractivity contribution in [2.75, 3.05) is 0 Å². The molecule has 0 saturated heterocycles. The van der Waals surface area contributed by atoms with Gasteiger partial charge in [0.25, 0.3) is 0 Å². The van der Waals surface area contributed by atoms with Crippen LogP contribution in [-0.2, 0) is 16.6 Å². The van der Waals surface area contributed by atoms with Gasteiger partial charge < -0.3 is 4.79 Å². The molecule has 0 aromatic carbocycles. The Balaban J connectivity index is 2.50. The third-order valence-electron chi connectivity index (χ3n) is 2.38. The fourth-order valence-corrected chi connectivity index (χ4v) is 1.46. The van der Waals surface area contributed by atoms with E-state index in [1.165, 1.54) is 0 Å². The van der Waals surface area contributed by atoms with Crippen LogP contribution in [0.2, 0.25) is 0 Å². The van der Waals surface area contributed by atoms with Crippen molar-refractivity contribution in [1.82, 2.24) is 14.6 Å².